The van der Waals surface area contributed by atoms with Gasteiger partial charge in [-0.05, 0) is 36.2 Å². The molecule has 5 nitrogen and oxygen atoms in total. The summed E-state index contributed by atoms with van der Waals surface area (Å²) in [4.78, 5) is 15.9. The molecule has 0 unspecified atom stereocenters. The molecule has 5 heteroatoms. The van der Waals surface area contributed by atoms with Crippen molar-refractivity contribution in [1.82, 2.24) is 15.6 Å². The van der Waals surface area contributed by atoms with Crippen molar-refractivity contribution in [3.05, 3.63) is 59.9 Å². The number of nitrogens with one attached hydrogen (secondary N) is 2. The SMILES string of the molecule is COc1ccc(CNC(=O)CN[C@@H](C)c2cccnc2)cc1. The molecule has 1 aromatic carbocycles. The number of nitrogens with zero attached hydrogens (tertiary/aromatic N) is 1. The first-order valence-electron chi connectivity index (χ1n) is 7.22. The van der Waals surface area contributed by atoms with Crippen LogP contribution in [0.15, 0.2) is 48.8 Å². The molecule has 0 saturated heterocycles. The van der Waals surface area contributed by atoms with Gasteiger partial charge in [0.05, 0.1) is 13.7 Å². The van der Waals surface area contributed by atoms with Crippen LogP contribution in [-0.2, 0) is 11.3 Å². The average molecular weight is 299 g/mol. The minimum atomic E-state index is -0.0356. The Morgan fingerprint density at radius 3 is 2.68 bits per heavy atom. The van der Waals surface area contributed by atoms with Gasteiger partial charge in [-0.3, -0.25) is 9.78 Å². The summed E-state index contributed by atoms with van der Waals surface area (Å²) in [6, 6.07) is 11.6. The Bertz CT molecular complexity index is 585. The van der Waals surface area contributed by atoms with Gasteiger partial charge in [0.1, 0.15) is 5.75 Å². The molecule has 2 rings (SSSR count). The molecule has 116 valence electrons. The number of rotatable bonds is 7. The maximum atomic E-state index is 11.9. The highest BCUT2D eigenvalue weighted by Crippen LogP contribution is 2.11. The average Bonchev–Trinajstić information content (AvgIpc) is 2.59. The van der Waals surface area contributed by atoms with Gasteiger partial charge in [0.15, 0.2) is 0 Å². The molecule has 1 amide bonds. The van der Waals surface area contributed by atoms with Crippen molar-refractivity contribution < 1.29 is 9.53 Å². The molecule has 0 radical (unpaired) electrons. The van der Waals surface area contributed by atoms with Gasteiger partial charge in [-0.1, -0.05) is 18.2 Å². The van der Waals surface area contributed by atoms with Gasteiger partial charge in [-0.25, -0.2) is 0 Å². The summed E-state index contributed by atoms with van der Waals surface area (Å²) in [6.45, 7) is 2.78. The van der Waals surface area contributed by atoms with Crippen LogP contribution >= 0.6 is 0 Å². The number of amides is 1. The van der Waals surface area contributed by atoms with E-state index in [1.54, 1.807) is 19.5 Å². The largest absolute Gasteiger partial charge is 0.497 e. The van der Waals surface area contributed by atoms with Gasteiger partial charge >= 0.3 is 0 Å². The Morgan fingerprint density at radius 2 is 2.05 bits per heavy atom. The Balaban J connectivity index is 1.73. The monoisotopic (exact) mass is 299 g/mol. The van der Waals surface area contributed by atoms with E-state index in [0.29, 0.717) is 6.54 Å². The second-order valence-electron chi connectivity index (χ2n) is 5.01. The smallest absolute Gasteiger partial charge is 0.234 e. The minimum Gasteiger partial charge on any atom is -0.497 e. The number of methoxy groups -OCH3 is 1. The van der Waals surface area contributed by atoms with Crippen LogP contribution in [0.25, 0.3) is 0 Å². The van der Waals surface area contributed by atoms with E-state index >= 15 is 0 Å². The standard InChI is InChI=1S/C17H21N3O2/c1-13(15-4-3-9-18-11-15)19-12-17(21)20-10-14-5-7-16(22-2)8-6-14/h3-9,11,13,19H,10,12H2,1-2H3,(H,20,21)/t13-/m0/s1. The van der Waals surface area contributed by atoms with Crippen LogP contribution in [0.4, 0.5) is 0 Å². The number of hydrogen-bond acceptors (Lipinski definition) is 4. The van der Waals surface area contributed by atoms with E-state index in [2.05, 4.69) is 15.6 Å². The van der Waals surface area contributed by atoms with Crippen molar-refractivity contribution in [2.75, 3.05) is 13.7 Å². The zero-order chi connectivity index (χ0) is 15.8. The fraction of sp³-hybridized carbons (Fsp3) is 0.294. The molecule has 1 aromatic heterocycles. The summed E-state index contributed by atoms with van der Waals surface area (Å²) in [5, 5.41) is 6.07. The first-order valence-corrected chi connectivity index (χ1v) is 7.22. The number of aromatic nitrogens is 1. The third kappa shape index (κ3) is 4.86. The number of pyridine rings is 1. The summed E-state index contributed by atoms with van der Waals surface area (Å²) < 4.78 is 5.10. The van der Waals surface area contributed by atoms with E-state index in [4.69, 9.17) is 4.74 Å². The van der Waals surface area contributed by atoms with Gasteiger partial charge < -0.3 is 15.4 Å². The predicted molar refractivity (Wildman–Crippen MR) is 85.5 cm³/mol. The Kier molecular flexibility index (Phi) is 5.91. The molecule has 1 heterocycles. The lowest BCUT2D eigenvalue weighted by Gasteiger charge is -2.13. The van der Waals surface area contributed by atoms with Crippen molar-refractivity contribution >= 4 is 5.91 Å². The van der Waals surface area contributed by atoms with Gasteiger partial charge in [-0.15, -0.1) is 0 Å². The van der Waals surface area contributed by atoms with Crippen molar-refractivity contribution in [3.8, 4) is 5.75 Å². The van der Waals surface area contributed by atoms with Crippen molar-refractivity contribution in [1.29, 1.82) is 0 Å². The predicted octanol–water partition coefficient (Wildman–Crippen LogP) is 2.06. The molecule has 0 aliphatic carbocycles. The minimum absolute atomic E-state index is 0.0356. The molecule has 22 heavy (non-hydrogen) atoms. The first-order chi connectivity index (χ1) is 10.7. The lowest BCUT2D eigenvalue weighted by Crippen LogP contribution is -2.34. The van der Waals surface area contributed by atoms with E-state index in [1.165, 1.54) is 0 Å². The van der Waals surface area contributed by atoms with Crippen LogP contribution in [0.5, 0.6) is 5.75 Å². The van der Waals surface area contributed by atoms with Gasteiger partial charge in [0.25, 0.3) is 0 Å². The second-order valence-corrected chi connectivity index (χ2v) is 5.01. The second kappa shape index (κ2) is 8.14. The first kappa shape index (κ1) is 16.0. The van der Waals surface area contributed by atoms with Crippen LogP contribution < -0.4 is 15.4 Å². The van der Waals surface area contributed by atoms with E-state index in [-0.39, 0.29) is 18.5 Å². The zero-order valence-electron chi connectivity index (χ0n) is 12.9. The highest BCUT2D eigenvalue weighted by atomic mass is 16.5. The maximum Gasteiger partial charge on any atom is 0.234 e. The van der Waals surface area contributed by atoms with Crippen molar-refractivity contribution in [2.24, 2.45) is 0 Å². The van der Waals surface area contributed by atoms with Gasteiger partial charge in [0.2, 0.25) is 5.91 Å². The molecular weight excluding hydrogens is 278 g/mol. The molecule has 0 aliphatic heterocycles. The topological polar surface area (TPSA) is 63.2 Å². The van der Waals surface area contributed by atoms with E-state index < -0.39 is 0 Å². The molecule has 0 saturated carbocycles. The van der Waals surface area contributed by atoms with Crippen LogP contribution in [0.1, 0.15) is 24.1 Å². The van der Waals surface area contributed by atoms with Crippen molar-refractivity contribution in [3.63, 3.8) is 0 Å². The molecule has 0 spiro atoms. The summed E-state index contributed by atoms with van der Waals surface area (Å²) >= 11 is 0. The van der Waals surface area contributed by atoms with Crippen LogP contribution in [0, 0.1) is 0 Å². The molecule has 0 aliphatic rings. The number of hydrogen-bond donors (Lipinski definition) is 2. The molecule has 1 atom stereocenters. The lowest BCUT2D eigenvalue weighted by molar-refractivity contribution is -0.120. The summed E-state index contributed by atoms with van der Waals surface area (Å²) in [7, 11) is 1.63. The van der Waals surface area contributed by atoms with Crippen LogP contribution in [-0.4, -0.2) is 24.5 Å². The molecule has 2 N–H and O–H groups in total. The fourth-order valence-electron chi connectivity index (χ4n) is 2.00. The molecule has 0 fully saturated rings. The number of carbonyl (C=O) groups excluding carboxylic acids is 1. The highest BCUT2D eigenvalue weighted by Gasteiger charge is 2.07. The van der Waals surface area contributed by atoms with E-state index in [0.717, 1.165) is 16.9 Å². The summed E-state index contributed by atoms with van der Waals surface area (Å²) in [6.07, 6.45) is 3.53. The highest BCUT2D eigenvalue weighted by molar-refractivity contribution is 5.78. The third-order valence-electron chi connectivity index (χ3n) is 3.40. The Hall–Kier alpha value is -2.40. The maximum absolute atomic E-state index is 11.9. The number of benzene rings is 1. The quantitative estimate of drug-likeness (QED) is 0.821. The Morgan fingerprint density at radius 1 is 1.27 bits per heavy atom. The zero-order valence-corrected chi connectivity index (χ0v) is 12.9. The molecule has 0 bridgehead atoms. The Labute approximate surface area is 130 Å². The van der Waals surface area contributed by atoms with E-state index in [1.807, 2.05) is 43.3 Å². The number of ether oxygens (including phenoxy) is 1. The van der Waals surface area contributed by atoms with E-state index in [9.17, 15) is 4.79 Å². The molecule has 2 aromatic rings. The fourth-order valence-corrected chi connectivity index (χ4v) is 2.00. The lowest BCUT2D eigenvalue weighted by atomic mass is 10.1. The summed E-state index contributed by atoms with van der Waals surface area (Å²) in [5.74, 6) is 0.772. The van der Waals surface area contributed by atoms with Crippen molar-refractivity contribution in [2.45, 2.75) is 19.5 Å². The summed E-state index contributed by atoms with van der Waals surface area (Å²) in [5.41, 5.74) is 2.10. The number of carbonyl (C=O) groups is 1. The van der Waals surface area contributed by atoms with Crippen LogP contribution in [0.2, 0.25) is 0 Å². The van der Waals surface area contributed by atoms with Gasteiger partial charge in [-0.2, -0.15) is 0 Å². The van der Waals surface area contributed by atoms with Crippen LogP contribution in [0.3, 0.4) is 0 Å². The normalized spacial score (nSPS) is 11.7. The van der Waals surface area contributed by atoms with Gasteiger partial charge in [0, 0.05) is 25.0 Å². The third-order valence-corrected chi connectivity index (χ3v) is 3.40. The molecular formula is C17H21N3O2.